The average Bonchev–Trinajstić information content (AvgIpc) is 2.95. The number of thiol groups is 1. The lowest BCUT2D eigenvalue weighted by Crippen LogP contribution is -2.57. The minimum Gasteiger partial charge on any atom is -0.319 e. The highest BCUT2D eigenvalue weighted by molar-refractivity contribution is 7.78. The topological polar surface area (TPSA) is 27.3 Å². The molecule has 2 heterocycles. The molecule has 1 saturated heterocycles. The Labute approximate surface area is 172 Å². The number of nitrogens with zero attached hydrogens (tertiary/aromatic N) is 1. The van der Waals surface area contributed by atoms with E-state index in [9.17, 15) is 0 Å². The van der Waals surface area contributed by atoms with Crippen LogP contribution in [0.25, 0.3) is 16.0 Å². The van der Waals surface area contributed by atoms with E-state index in [0.29, 0.717) is 11.5 Å². The lowest BCUT2D eigenvalue weighted by atomic mass is 9.75. The van der Waals surface area contributed by atoms with Gasteiger partial charge in [-0.25, -0.2) is 5.01 Å². The van der Waals surface area contributed by atoms with Crippen LogP contribution in [0.2, 0.25) is 0 Å². The number of hydrogen-bond acceptors (Lipinski definition) is 5. The maximum absolute atomic E-state index is 4.31. The predicted molar refractivity (Wildman–Crippen MR) is 121 cm³/mol. The third-order valence-electron chi connectivity index (χ3n) is 5.70. The summed E-state index contributed by atoms with van der Waals surface area (Å²) < 4.78 is 3.00. The van der Waals surface area contributed by atoms with Crippen molar-refractivity contribution < 1.29 is 0 Å². The Balaban J connectivity index is 1.58. The van der Waals surface area contributed by atoms with Gasteiger partial charge in [0.25, 0.3) is 0 Å². The summed E-state index contributed by atoms with van der Waals surface area (Å²) in [5.41, 5.74) is 10.4. The number of hydrazine groups is 1. The molecule has 1 aliphatic heterocycles. The van der Waals surface area contributed by atoms with E-state index in [2.05, 4.69) is 79.6 Å². The highest BCUT2D eigenvalue weighted by Crippen LogP contribution is 2.47. The number of thiophene rings is 1. The highest BCUT2D eigenvalue weighted by Gasteiger charge is 2.31. The summed E-state index contributed by atoms with van der Waals surface area (Å²) in [6.45, 7) is 13.2. The van der Waals surface area contributed by atoms with Crippen molar-refractivity contribution in [2.24, 2.45) is 5.41 Å². The Kier molecular flexibility index (Phi) is 5.14. The summed E-state index contributed by atoms with van der Waals surface area (Å²) in [6.07, 6.45) is 3.63. The van der Waals surface area contributed by atoms with Crippen molar-refractivity contribution in [3.63, 3.8) is 0 Å². The van der Waals surface area contributed by atoms with Gasteiger partial charge < -0.3 is 5.43 Å². The predicted octanol–water partition coefficient (Wildman–Crippen LogP) is 5.41. The van der Waals surface area contributed by atoms with Crippen LogP contribution in [0.1, 0.15) is 43.2 Å². The summed E-state index contributed by atoms with van der Waals surface area (Å²) in [7, 11) is 0. The first-order chi connectivity index (χ1) is 12.9. The van der Waals surface area contributed by atoms with Crippen molar-refractivity contribution in [1.29, 1.82) is 0 Å². The molecule has 1 aromatic carbocycles. The Bertz CT molecular complexity index is 845. The molecule has 2 aromatic rings. The summed E-state index contributed by atoms with van der Waals surface area (Å²) in [4.78, 5) is 2.95. The molecule has 1 aromatic heterocycles. The highest BCUT2D eigenvalue weighted by atomic mass is 32.1. The molecule has 3 nitrogen and oxygen atoms in total. The number of fused-ring (bicyclic) bond motifs is 1. The molecule has 0 saturated carbocycles. The molecular formula is C22H29N3S2. The molecule has 2 N–H and O–H groups in total. The van der Waals surface area contributed by atoms with Crippen LogP contribution in [-0.4, -0.2) is 24.1 Å². The van der Waals surface area contributed by atoms with Gasteiger partial charge in [0.1, 0.15) is 0 Å². The fourth-order valence-electron chi connectivity index (χ4n) is 4.10. The number of benzene rings is 1. The minimum absolute atomic E-state index is 0.389. The fraction of sp³-hybridized carbons (Fsp3) is 0.455. The second kappa shape index (κ2) is 7.28. The first-order valence-corrected chi connectivity index (χ1v) is 10.9. The molecule has 1 fully saturated rings. The van der Waals surface area contributed by atoms with E-state index in [4.69, 9.17) is 0 Å². The van der Waals surface area contributed by atoms with Crippen LogP contribution in [0, 0.1) is 5.41 Å². The molecule has 1 aliphatic carbocycles. The van der Waals surface area contributed by atoms with E-state index in [-0.39, 0.29) is 0 Å². The van der Waals surface area contributed by atoms with Crippen molar-refractivity contribution in [2.45, 2.75) is 46.1 Å². The van der Waals surface area contributed by atoms with Crippen LogP contribution in [0.3, 0.4) is 0 Å². The van der Waals surface area contributed by atoms with Gasteiger partial charge in [-0.3, -0.25) is 4.72 Å². The maximum atomic E-state index is 4.31. The van der Waals surface area contributed by atoms with Crippen LogP contribution >= 0.6 is 24.2 Å². The number of hydrogen-bond donors (Lipinski definition) is 3. The Hall–Kier alpha value is -1.27. The zero-order valence-corrected chi connectivity index (χ0v) is 18.1. The molecule has 0 amide bonds. The second-order valence-electron chi connectivity index (χ2n) is 8.75. The van der Waals surface area contributed by atoms with Crippen molar-refractivity contribution in [2.75, 3.05) is 18.5 Å². The van der Waals surface area contributed by atoms with Gasteiger partial charge in [0.2, 0.25) is 0 Å². The van der Waals surface area contributed by atoms with E-state index in [1.165, 1.54) is 34.4 Å². The monoisotopic (exact) mass is 399 g/mol. The number of aryl methyl sites for hydroxylation is 1. The molecule has 0 atom stereocenters. The van der Waals surface area contributed by atoms with E-state index in [1.807, 2.05) is 11.3 Å². The summed E-state index contributed by atoms with van der Waals surface area (Å²) in [5, 5.41) is 2.20. The third-order valence-corrected chi connectivity index (χ3v) is 7.41. The van der Waals surface area contributed by atoms with E-state index < -0.39 is 0 Å². The van der Waals surface area contributed by atoms with Crippen molar-refractivity contribution >= 4 is 35.4 Å². The smallest absolute Gasteiger partial charge is 0.0490 e. The SMILES string of the molecule is C=C(C)c1c(-c2ccc(NN3CC(NS)C3)cc2)sc2c1CC(C)(C)CC2. The second-order valence-corrected chi connectivity index (χ2v) is 10.1. The number of anilines is 1. The van der Waals surface area contributed by atoms with E-state index in [1.54, 1.807) is 10.4 Å². The van der Waals surface area contributed by atoms with Gasteiger partial charge in [-0.15, -0.1) is 11.3 Å². The first kappa shape index (κ1) is 19.1. The van der Waals surface area contributed by atoms with Crippen LogP contribution < -0.4 is 10.1 Å². The summed E-state index contributed by atoms with van der Waals surface area (Å²) in [6, 6.07) is 9.32. The quantitative estimate of drug-likeness (QED) is 0.587. The van der Waals surface area contributed by atoms with Gasteiger partial charge in [0, 0.05) is 34.6 Å². The van der Waals surface area contributed by atoms with Gasteiger partial charge in [0.05, 0.1) is 0 Å². The fourth-order valence-corrected chi connectivity index (χ4v) is 5.67. The Morgan fingerprint density at radius 3 is 2.59 bits per heavy atom. The molecule has 0 radical (unpaired) electrons. The van der Waals surface area contributed by atoms with Crippen LogP contribution in [0.15, 0.2) is 30.8 Å². The molecule has 2 aliphatic rings. The van der Waals surface area contributed by atoms with Crippen LogP contribution in [0.5, 0.6) is 0 Å². The molecule has 0 unspecified atom stereocenters. The zero-order valence-electron chi connectivity index (χ0n) is 16.4. The molecule has 0 bridgehead atoms. The van der Waals surface area contributed by atoms with E-state index in [0.717, 1.165) is 25.2 Å². The number of nitrogens with one attached hydrogen (secondary N) is 2. The van der Waals surface area contributed by atoms with Crippen LogP contribution in [0.4, 0.5) is 5.69 Å². The summed E-state index contributed by atoms with van der Waals surface area (Å²) in [5.74, 6) is 0. The Morgan fingerprint density at radius 1 is 1.26 bits per heavy atom. The standard InChI is InChI=1S/C22H29N3S2/c1-14(2)20-18-11-22(3,4)10-9-19(18)27-21(20)15-5-7-16(8-6-15)23-25-12-17(13-25)24-26/h5-8,17,23-24,26H,1,9-13H2,2-4H3. The molecule has 27 heavy (non-hydrogen) atoms. The molecule has 5 heteroatoms. The summed E-state index contributed by atoms with van der Waals surface area (Å²) >= 11 is 6.10. The molecule has 4 rings (SSSR count). The van der Waals surface area contributed by atoms with Gasteiger partial charge >= 0.3 is 0 Å². The average molecular weight is 400 g/mol. The van der Waals surface area contributed by atoms with Crippen molar-refractivity contribution in [3.05, 3.63) is 46.8 Å². The van der Waals surface area contributed by atoms with E-state index >= 15 is 0 Å². The lowest BCUT2D eigenvalue weighted by Gasteiger charge is -2.39. The lowest BCUT2D eigenvalue weighted by molar-refractivity contribution is 0.180. The van der Waals surface area contributed by atoms with Gasteiger partial charge in [-0.1, -0.05) is 45.4 Å². The number of allylic oxidation sites excluding steroid dienone is 1. The Morgan fingerprint density at radius 2 is 1.96 bits per heavy atom. The zero-order chi connectivity index (χ0) is 19.2. The number of rotatable bonds is 5. The maximum Gasteiger partial charge on any atom is 0.0490 e. The van der Waals surface area contributed by atoms with Crippen molar-refractivity contribution in [3.8, 4) is 10.4 Å². The normalized spacial score (nSPS) is 19.4. The molecule has 0 spiro atoms. The van der Waals surface area contributed by atoms with Crippen molar-refractivity contribution in [1.82, 2.24) is 9.73 Å². The van der Waals surface area contributed by atoms with Gasteiger partial charge in [-0.2, -0.15) is 0 Å². The van der Waals surface area contributed by atoms with Gasteiger partial charge in [0.15, 0.2) is 0 Å². The molecular weight excluding hydrogens is 370 g/mol. The third kappa shape index (κ3) is 3.83. The minimum atomic E-state index is 0.389. The first-order valence-electron chi connectivity index (χ1n) is 9.68. The van der Waals surface area contributed by atoms with Gasteiger partial charge in [-0.05, 0) is 66.0 Å². The largest absolute Gasteiger partial charge is 0.319 e. The molecule has 144 valence electrons. The van der Waals surface area contributed by atoms with Crippen LogP contribution in [-0.2, 0) is 12.8 Å².